The maximum Gasteiger partial charge on any atom is 0.265 e. The molecule has 4 heteroatoms. The first kappa shape index (κ1) is 21.0. The molecule has 3 aromatic rings. The van der Waals surface area contributed by atoms with E-state index in [9.17, 15) is 4.79 Å². The van der Waals surface area contributed by atoms with Crippen LogP contribution in [0.3, 0.4) is 0 Å². The second-order valence-electron chi connectivity index (χ2n) is 7.20. The molecule has 0 bridgehead atoms. The molecule has 0 saturated heterocycles. The summed E-state index contributed by atoms with van der Waals surface area (Å²) in [5.74, 6) is 1.49. The van der Waals surface area contributed by atoms with Crippen molar-refractivity contribution in [2.75, 3.05) is 5.32 Å². The molecule has 0 aromatic heterocycles. The van der Waals surface area contributed by atoms with Gasteiger partial charge < -0.3 is 10.1 Å². The first-order valence-electron chi connectivity index (χ1n) is 9.75. The van der Waals surface area contributed by atoms with E-state index in [0.29, 0.717) is 0 Å². The van der Waals surface area contributed by atoms with Gasteiger partial charge in [-0.1, -0.05) is 42.5 Å². The van der Waals surface area contributed by atoms with Crippen LogP contribution in [0.4, 0.5) is 5.69 Å². The molecule has 3 nitrogen and oxygen atoms in total. The van der Waals surface area contributed by atoms with E-state index in [-0.39, 0.29) is 5.91 Å². The lowest BCUT2D eigenvalue weighted by Crippen LogP contribution is -2.30. The summed E-state index contributed by atoms with van der Waals surface area (Å²) in [5.41, 5.74) is 5.30. The fourth-order valence-electron chi connectivity index (χ4n) is 2.97. The maximum absolute atomic E-state index is 12.6. The summed E-state index contributed by atoms with van der Waals surface area (Å²) in [4.78, 5) is 13.9. The molecule has 0 aliphatic carbocycles. The molecule has 0 spiro atoms. The fourth-order valence-corrected chi connectivity index (χ4v) is 3.83. The van der Waals surface area contributed by atoms with Crippen molar-refractivity contribution in [1.29, 1.82) is 0 Å². The Morgan fingerprint density at radius 2 is 1.72 bits per heavy atom. The molecule has 3 aromatic carbocycles. The first-order valence-corrected chi connectivity index (χ1v) is 10.7. The average Bonchev–Trinajstić information content (AvgIpc) is 2.72. The van der Waals surface area contributed by atoms with Gasteiger partial charge in [0, 0.05) is 16.3 Å². The van der Waals surface area contributed by atoms with Crippen LogP contribution >= 0.6 is 11.8 Å². The zero-order valence-electron chi connectivity index (χ0n) is 17.4. The van der Waals surface area contributed by atoms with Crippen LogP contribution in [0.5, 0.6) is 5.75 Å². The summed E-state index contributed by atoms with van der Waals surface area (Å²) in [6.07, 6.45) is -0.580. The number of benzene rings is 3. The number of carbonyl (C=O) groups excluding carboxylic acids is 1. The minimum atomic E-state index is -0.580. The number of hydrogen-bond donors (Lipinski definition) is 1. The normalized spacial score (nSPS) is 11.7. The van der Waals surface area contributed by atoms with Crippen molar-refractivity contribution in [2.24, 2.45) is 0 Å². The quantitative estimate of drug-likeness (QED) is 0.468. The van der Waals surface area contributed by atoms with Crippen LogP contribution in [0, 0.1) is 20.8 Å². The maximum atomic E-state index is 12.6. The molecule has 1 N–H and O–H groups in total. The Morgan fingerprint density at radius 3 is 2.45 bits per heavy atom. The van der Waals surface area contributed by atoms with Crippen molar-refractivity contribution >= 4 is 23.4 Å². The predicted molar refractivity (Wildman–Crippen MR) is 122 cm³/mol. The van der Waals surface area contributed by atoms with Gasteiger partial charge in [0.2, 0.25) is 0 Å². The molecule has 0 saturated carbocycles. The number of thioether (sulfide) groups is 1. The number of amides is 1. The fraction of sp³-hybridized carbons (Fsp3) is 0.240. The van der Waals surface area contributed by atoms with E-state index in [1.54, 1.807) is 18.7 Å². The third-order valence-corrected chi connectivity index (χ3v) is 6.01. The Kier molecular flexibility index (Phi) is 6.99. The minimum absolute atomic E-state index is 0.152. The Labute approximate surface area is 177 Å². The smallest absolute Gasteiger partial charge is 0.265 e. The summed E-state index contributed by atoms with van der Waals surface area (Å²) in [7, 11) is 0. The molecule has 3 rings (SSSR count). The van der Waals surface area contributed by atoms with Crippen molar-refractivity contribution in [3.63, 3.8) is 0 Å². The molecule has 1 atom stereocenters. The third-order valence-electron chi connectivity index (χ3n) is 4.93. The van der Waals surface area contributed by atoms with E-state index in [1.807, 2.05) is 63.2 Å². The van der Waals surface area contributed by atoms with Gasteiger partial charge in [-0.15, -0.1) is 11.8 Å². The summed E-state index contributed by atoms with van der Waals surface area (Å²) in [6, 6.07) is 22.4. The van der Waals surface area contributed by atoms with Crippen LogP contribution in [0.2, 0.25) is 0 Å². The first-order chi connectivity index (χ1) is 13.9. The summed E-state index contributed by atoms with van der Waals surface area (Å²) in [5, 5.41) is 2.99. The molecule has 0 radical (unpaired) electrons. The SMILES string of the molecule is Cc1cc(CSc2ccccc2)ccc1NC(=O)C(C)Oc1cccc(C)c1C. The highest BCUT2D eigenvalue weighted by molar-refractivity contribution is 7.98. The lowest BCUT2D eigenvalue weighted by Gasteiger charge is -2.18. The molecule has 0 fully saturated rings. The average molecular weight is 406 g/mol. The summed E-state index contributed by atoms with van der Waals surface area (Å²) < 4.78 is 5.90. The van der Waals surface area contributed by atoms with E-state index in [4.69, 9.17) is 4.74 Å². The molecular weight excluding hydrogens is 378 g/mol. The number of ether oxygens (including phenoxy) is 1. The van der Waals surface area contributed by atoms with E-state index in [0.717, 1.165) is 33.9 Å². The number of nitrogens with one attached hydrogen (secondary N) is 1. The standard InChI is InChI=1S/C25H27NO2S/c1-17-9-8-12-24(19(17)3)28-20(4)25(27)26-23-14-13-21(15-18(23)2)16-29-22-10-6-5-7-11-22/h5-15,20H,16H2,1-4H3,(H,26,27). The van der Waals surface area contributed by atoms with Crippen molar-refractivity contribution in [3.05, 3.63) is 89.0 Å². The zero-order chi connectivity index (χ0) is 20.8. The van der Waals surface area contributed by atoms with Crippen molar-refractivity contribution < 1.29 is 9.53 Å². The van der Waals surface area contributed by atoms with Crippen LogP contribution in [0.25, 0.3) is 0 Å². The Morgan fingerprint density at radius 1 is 0.966 bits per heavy atom. The van der Waals surface area contributed by atoms with E-state index >= 15 is 0 Å². The van der Waals surface area contributed by atoms with Crippen molar-refractivity contribution in [1.82, 2.24) is 0 Å². The number of carbonyl (C=O) groups is 1. The second-order valence-corrected chi connectivity index (χ2v) is 8.25. The monoisotopic (exact) mass is 405 g/mol. The number of hydrogen-bond acceptors (Lipinski definition) is 3. The molecule has 29 heavy (non-hydrogen) atoms. The van der Waals surface area contributed by atoms with Gasteiger partial charge in [-0.3, -0.25) is 4.79 Å². The zero-order valence-corrected chi connectivity index (χ0v) is 18.2. The Balaban J connectivity index is 1.60. The molecule has 0 aliphatic rings. The van der Waals surface area contributed by atoms with E-state index < -0.39 is 6.10 Å². The van der Waals surface area contributed by atoms with Gasteiger partial charge in [0.05, 0.1) is 0 Å². The topological polar surface area (TPSA) is 38.3 Å². The van der Waals surface area contributed by atoms with Gasteiger partial charge in [-0.2, -0.15) is 0 Å². The van der Waals surface area contributed by atoms with E-state index in [1.165, 1.54) is 10.5 Å². The molecule has 150 valence electrons. The van der Waals surface area contributed by atoms with Crippen LogP contribution in [0.15, 0.2) is 71.6 Å². The highest BCUT2D eigenvalue weighted by atomic mass is 32.2. The molecule has 1 amide bonds. The Hall–Kier alpha value is -2.72. The van der Waals surface area contributed by atoms with Gasteiger partial charge >= 0.3 is 0 Å². The van der Waals surface area contributed by atoms with Crippen LogP contribution < -0.4 is 10.1 Å². The highest BCUT2D eigenvalue weighted by Crippen LogP contribution is 2.26. The second kappa shape index (κ2) is 9.66. The van der Waals surface area contributed by atoms with Gasteiger partial charge in [0.25, 0.3) is 5.91 Å². The predicted octanol–water partition coefficient (Wildman–Crippen LogP) is 6.31. The van der Waals surface area contributed by atoms with Crippen LogP contribution in [0.1, 0.15) is 29.2 Å². The van der Waals surface area contributed by atoms with Crippen molar-refractivity contribution in [3.8, 4) is 5.75 Å². The van der Waals surface area contributed by atoms with Gasteiger partial charge in [-0.25, -0.2) is 0 Å². The Bertz CT molecular complexity index is 985. The summed E-state index contributed by atoms with van der Waals surface area (Å²) in [6.45, 7) is 7.83. The third kappa shape index (κ3) is 5.64. The minimum Gasteiger partial charge on any atom is -0.481 e. The number of anilines is 1. The van der Waals surface area contributed by atoms with Gasteiger partial charge in [-0.05, 0) is 74.2 Å². The highest BCUT2D eigenvalue weighted by Gasteiger charge is 2.17. The van der Waals surface area contributed by atoms with Gasteiger partial charge in [0.1, 0.15) is 5.75 Å². The lowest BCUT2D eigenvalue weighted by atomic mass is 10.1. The van der Waals surface area contributed by atoms with Crippen LogP contribution in [-0.4, -0.2) is 12.0 Å². The molecule has 0 heterocycles. The number of rotatable bonds is 7. The largest absolute Gasteiger partial charge is 0.481 e. The molecule has 1 unspecified atom stereocenters. The van der Waals surface area contributed by atoms with Crippen LogP contribution in [-0.2, 0) is 10.5 Å². The van der Waals surface area contributed by atoms with Gasteiger partial charge in [0.15, 0.2) is 6.10 Å². The molecular formula is C25H27NO2S. The molecule has 0 aliphatic heterocycles. The van der Waals surface area contributed by atoms with E-state index in [2.05, 4.69) is 29.6 Å². The van der Waals surface area contributed by atoms with Crippen molar-refractivity contribution in [2.45, 2.75) is 44.4 Å². The lowest BCUT2D eigenvalue weighted by molar-refractivity contribution is -0.122. The summed E-state index contributed by atoms with van der Waals surface area (Å²) >= 11 is 1.80. The number of aryl methyl sites for hydroxylation is 2.